The first-order valence-electron chi connectivity index (χ1n) is 4.72. The molecule has 1 nitrogen and oxygen atoms in total. The highest BCUT2D eigenvalue weighted by Gasteiger charge is 2.27. The Labute approximate surface area is 91.7 Å². The molecule has 1 heterocycles. The molecule has 1 aliphatic rings. The molecule has 1 aromatic rings. The lowest BCUT2D eigenvalue weighted by Gasteiger charge is -2.32. The zero-order valence-corrected chi connectivity index (χ0v) is 10.1. The maximum Gasteiger partial charge on any atom is 0.0441 e. The standard InChI is InChI=1S/C10H14BrNS/c1-12-10(7-3-2-4-7)9-5-8(11)6-13-9/h5-7,10,12H,2-4H2,1H3. The summed E-state index contributed by atoms with van der Waals surface area (Å²) in [7, 11) is 2.07. The van der Waals surface area contributed by atoms with E-state index >= 15 is 0 Å². The van der Waals surface area contributed by atoms with Gasteiger partial charge in [0.1, 0.15) is 0 Å². The van der Waals surface area contributed by atoms with E-state index < -0.39 is 0 Å². The third kappa shape index (κ3) is 1.97. The summed E-state index contributed by atoms with van der Waals surface area (Å²) in [5.41, 5.74) is 0. The molecular weight excluding hydrogens is 246 g/mol. The van der Waals surface area contributed by atoms with Crippen LogP contribution in [-0.2, 0) is 0 Å². The van der Waals surface area contributed by atoms with Crippen molar-refractivity contribution in [3.63, 3.8) is 0 Å². The first-order chi connectivity index (χ1) is 6.31. The van der Waals surface area contributed by atoms with Gasteiger partial charge in [-0.15, -0.1) is 11.3 Å². The number of hydrogen-bond acceptors (Lipinski definition) is 2. The van der Waals surface area contributed by atoms with E-state index in [1.807, 2.05) is 11.3 Å². The van der Waals surface area contributed by atoms with Crippen LogP contribution in [0.2, 0.25) is 0 Å². The van der Waals surface area contributed by atoms with Crippen molar-refractivity contribution in [3.05, 3.63) is 20.8 Å². The molecule has 0 spiro atoms. The first kappa shape index (κ1) is 9.69. The van der Waals surface area contributed by atoms with Crippen LogP contribution in [-0.4, -0.2) is 7.05 Å². The lowest BCUT2D eigenvalue weighted by molar-refractivity contribution is 0.242. The van der Waals surface area contributed by atoms with Crippen LogP contribution in [0.25, 0.3) is 0 Å². The van der Waals surface area contributed by atoms with Gasteiger partial charge in [-0.2, -0.15) is 0 Å². The van der Waals surface area contributed by atoms with Crippen molar-refractivity contribution in [2.24, 2.45) is 5.92 Å². The zero-order valence-electron chi connectivity index (χ0n) is 7.72. The molecule has 72 valence electrons. The van der Waals surface area contributed by atoms with E-state index in [0.717, 1.165) is 5.92 Å². The number of halogens is 1. The molecule has 1 saturated carbocycles. The van der Waals surface area contributed by atoms with E-state index in [4.69, 9.17) is 0 Å². The SMILES string of the molecule is CNC(c1cc(Br)cs1)C1CCC1. The Bertz CT molecular complexity index is 280. The summed E-state index contributed by atoms with van der Waals surface area (Å²) < 4.78 is 1.21. The molecule has 0 aliphatic heterocycles. The summed E-state index contributed by atoms with van der Waals surface area (Å²) in [5, 5.41) is 5.59. The topological polar surface area (TPSA) is 12.0 Å². The molecule has 0 bridgehead atoms. The van der Waals surface area contributed by atoms with Gasteiger partial charge in [0.15, 0.2) is 0 Å². The molecule has 2 rings (SSSR count). The van der Waals surface area contributed by atoms with E-state index in [0.29, 0.717) is 6.04 Å². The molecule has 0 aromatic carbocycles. The molecule has 1 aliphatic carbocycles. The second-order valence-electron chi connectivity index (χ2n) is 3.62. The molecule has 1 N–H and O–H groups in total. The monoisotopic (exact) mass is 259 g/mol. The normalized spacial score (nSPS) is 19.8. The Balaban J connectivity index is 2.11. The fourth-order valence-electron chi connectivity index (χ4n) is 1.87. The van der Waals surface area contributed by atoms with E-state index in [1.54, 1.807) is 0 Å². The Morgan fingerprint density at radius 1 is 1.62 bits per heavy atom. The summed E-state index contributed by atoms with van der Waals surface area (Å²) in [4.78, 5) is 1.47. The van der Waals surface area contributed by atoms with Crippen molar-refractivity contribution in [2.45, 2.75) is 25.3 Å². The maximum atomic E-state index is 3.50. The van der Waals surface area contributed by atoms with Crippen LogP contribution < -0.4 is 5.32 Å². The summed E-state index contributed by atoms with van der Waals surface area (Å²) >= 11 is 5.35. The second-order valence-corrected chi connectivity index (χ2v) is 5.48. The Hall–Kier alpha value is 0.140. The summed E-state index contributed by atoms with van der Waals surface area (Å²) in [6, 6.07) is 2.83. The Kier molecular flexibility index (Phi) is 3.06. The quantitative estimate of drug-likeness (QED) is 0.876. The van der Waals surface area contributed by atoms with Gasteiger partial charge in [0.2, 0.25) is 0 Å². The average molecular weight is 260 g/mol. The zero-order chi connectivity index (χ0) is 9.26. The largest absolute Gasteiger partial charge is 0.312 e. The van der Waals surface area contributed by atoms with Crippen LogP contribution in [0.1, 0.15) is 30.2 Å². The molecule has 13 heavy (non-hydrogen) atoms. The van der Waals surface area contributed by atoms with E-state index in [1.165, 1.54) is 28.6 Å². The van der Waals surface area contributed by atoms with Crippen molar-refractivity contribution < 1.29 is 0 Å². The number of rotatable bonds is 3. The van der Waals surface area contributed by atoms with Gasteiger partial charge in [0.05, 0.1) is 0 Å². The Morgan fingerprint density at radius 3 is 2.77 bits per heavy atom. The smallest absolute Gasteiger partial charge is 0.0441 e. The van der Waals surface area contributed by atoms with Gasteiger partial charge in [-0.05, 0) is 47.8 Å². The van der Waals surface area contributed by atoms with Crippen molar-refractivity contribution in [1.82, 2.24) is 5.32 Å². The number of thiophene rings is 1. The molecule has 1 fully saturated rings. The third-order valence-electron chi connectivity index (χ3n) is 2.83. The minimum absolute atomic E-state index is 0.588. The maximum absolute atomic E-state index is 3.50. The van der Waals surface area contributed by atoms with Crippen molar-refractivity contribution in [2.75, 3.05) is 7.05 Å². The summed E-state index contributed by atoms with van der Waals surface area (Å²) in [6.07, 6.45) is 4.19. The third-order valence-corrected chi connectivity index (χ3v) is 4.60. The predicted molar refractivity (Wildman–Crippen MR) is 61.2 cm³/mol. The fraction of sp³-hybridized carbons (Fsp3) is 0.600. The number of nitrogens with one attached hydrogen (secondary N) is 1. The van der Waals surface area contributed by atoms with Crippen molar-refractivity contribution in [1.29, 1.82) is 0 Å². The molecule has 1 aromatic heterocycles. The highest BCUT2D eigenvalue weighted by Crippen LogP contribution is 2.39. The molecule has 1 unspecified atom stereocenters. The van der Waals surface area contributed by atoms with Gasteiger partial charge in [-0.1, -0.05) is 6.42 Å². The van der Waals surface area contributed by atoms with Gasteiger partial charge >= 0.3 is 0 Å². The van der Waals surface area contributed by atoms with E-state index in [-0.39, 0.29) is 0 Å². The van der Waals surface area contributed by atoms with Crippen LogP contribution in [0.4, 0.5) is 0 Å². The van der Waals surface area contributed by atoms with Gasteiger partial charge in [-0.25, -0.2) is 0 Å². The van der Waals surface area contributed by atoms with Crippen LogP contribution in [0, 0.1) is 5.92 Å². The Morgan fingerprint density at radius 2 is 2.38 bits per heavy atom. The van der Waals surface area contributed by atoms with Crippen molar-refractivity contribution >= 4 is 27.3 Å². The van der Waals surface area contributed by atoms with Gasteiger partial charge in [0.25, 0.3) is 0 Å². The molecule has 0 amide bonds. The van der Waals surface area contributed by atoms with Gasteiger partial charge < -0.3 is 5.32 Å². The van der Waals surface area contributed by atoms with E-state index in [2.05, 4.69) is 39.7 Å². The first-order valence-corrected chi connectivity index (χ1v) is 6.39. The molecule has 0 radical (unpaired) electrons. The molecule has 1 atom stereocenters. The van der Waals surface area contributed by atoms with Crippen LogP contribution in [0.15, 0.2) is 15.9 Å². The second kappa shape index (κ2) is 4.11. The molecular formula is C10H14BrNS. The van der Waals surface area contributed by atoms with Crippen LogP contribution in [0.3, 0.4) is 0 Å². The lowest BCUT2D eigenvalue weighted by Crippen LogP contribution is -2.28. The number of hydrogen-bond donors (Lipinski definition) is 1. The lowest BCUT2D eigenvalue weighted by atomic mass is 9.79. The fourth-order valence-corrected chi connectivity index (χ4v) is 3.52. The molecule has 0 saturated heterocycles. The predicted octanol–water partition coefficient (Wildman–Crippen LogP) is 3.57. The molecule has 3 heteroatoms. The highest BCUT2D eigenvalue weighted by molar-refractivity contribution is 9.10. The summed E-state index contributed by atoms with van der Waals surface area (Å²) in [6.45, 7) is 0. The average Bonchev–Trinajstić information content (AvgIpc) is 2.43. The van der Waals surface area contributed by atoms with Gasteiger partial charge in [0, 0.05) is 20.8 Å². The highest BCUT2D eigenvalue weighted by atomic mass is 79.9. The van der Waals surface area contributed by atoms with Gasteiger partial charge in [-0.3, -0.25) is 0 Å². The van der Waals surface area contributed by atoms with Crippen LogP contribution in [0.5, 0.6) is 0 Å². The summed E-state index contributed by atoms with van der Waals surface area (Å²) in [5.74, 6) is 0.871. The van der Waals surface area contributed by atoms with Crippen molar-refractivity contribution in [3.8, 4) is 0 Å². The van der Waals surface area contributed by atoms with E-state index in [9.17, 15) is 0 Å². The minimum atomic E-state index is 0.588. The minimum Gasteiger partial charge on any atom is -0.312 e. The van der Waals surface area contributed by atoms with Crippen LogP contribution >= 0.6 is 27.3 Å².